The van der Waals surface area contributed by atoms with Gasteiger partial charge in [-0.15, -0.1) is 11.3 Å². The summed E-state index contributed by atoms with van der Waals surface area (Å²) in [6, 6.07) is 9.71. The molecule has 0 atom stereocenters. The van der Waals surface area contributed by atoms with E-state index in [2.05, 4.69) is 25.6 Å². The number of fused-ring (bicyclic) bond motifs is 1. The molecular formula is C25H20ClF2N7O2S. The van der Waals surface area contributed by atoms with E-state index in [4.69, 9.17) is 17.3 Å². The lowest BCUT2D eigenvalue weighted by Gasteiger charge is -2.10. The molecule has 0 saturated carbocycles. The minimum atomic E-state index is -2.85. The number of thiophene rings is 1. The highest BCUT2D eigenvalue weighted by molar-refractivity contribution is 7.21. The highest BCUT2D eigenvalue weighted by atomic mass is 35.5. The molecule has 13 heteroatoms. The molecular weight excluding hydrogens is 536 g/mol. The van der Waals surface area contributed by atoms with Gasteiger partial charge in [0.2, 0.25) is 0 Å². The molecule has 1 aromatic carbocycles. The summed E-state index contributed by atoms with van der Waals surface area (Å²) in [5.41, 5.74) is 8.10. The zero-order valence-electron chi connectivity index (χ0n) is 20.1. The highest BCUT2D eigenvalue weighted by Gasteiger charge is 2.27. The number of H-pyrrole nitrogens is 1. The third kappa shape index (κ3) is 4.63. The quantitative estimate of drug-likeness (QED) is 0.233. The van der Waals surface area contributed by atoms with Crippen molar-refractivity contribution in [3.63, 3.8) is 0 Å². The average Bonchev–Trinajstić information content (AvgIpc) is 3.61. The van der Waals surface area contributed by atoms with Crippen LogP contribution >= 0.6 is 22.9 Å². The van der Waals surface area contributed by atoms with Crippen molar-refractivity contribution in [2.45, 2.75) is 26.8 Å². The van der Waals surface area contributed by atoms with Crippen LogP contribution in [0.5, 0.6) is 0 Å². The van der Waals surface area contributed by atoms with Crippen LogP contribution in [0.25, 0.3) is 32.6 Å². The van der Waals surface area contributed by atoms with Crippen LogP contribution in [-0.2, 0) is 6.54 Å². The second-order valence-electron chi connectivity index (χ2n) is 8.36. The lowest BCUT2D eigenvalue weighted by atomic mass is 10.0. The van der Waals surface area contributed by atoms with E-state index < -0.39 is 23.9 Å². The lowest BCUT2D eigenvalue weighted by molar-refractivity contribution is 0.100. The highest BCUT2D eigenvalue weighted by Crippen LogP contribution is 2.43. The van der Waals surface area contributed by atoms with E-state index in [1.165, 1.54) is 6.07 Å². The van der Waals surface area contributed by atoms with Gasteiger partial charge in [-0.25, -0.2) is 13.8 Å². The van der Waals surface area contributed by atoms with E-state index in [0.29, 0.717) is 39.5 Å². The number of nitrogens with zero attached hydrogens (tertiary/aromatic N) is 4. The van der Waals surface area contributed by atoms with Crippen LogP contribution in [0.2, 0.25) is 5.02 Å². The van der Waals surface area contributed by atoms with E-state index in [-0.39, 0.29) is 21.1 Å². The van der Waals surface area contributed by atoms with Gasteiger partial charge in [0.25, 0.3) is 18.2 Å². The Morgan fingerprint density at radius 3 is 2.58 bits per heavy atom. The number of pyridine rings is 1. The molecule has 0 radical (unpaired) electrons. The molecule has 5 aromatic rings. The number of aromatic amines is 1. The number of rotatable bonds is 7. The number of hydrogen-bond acceptors (Lipinski definition) is 6. The standard InChI is InChI=1S/C25H20ClF2N7O2S/c1-3-35-10-15(11(2)34-35)14-8-17(22(27)28)30-25-19(14)20(21(38-25)23(29)36)31-24(37)18-9-16(32-33-18)12-4-6-13(26)7-5-12/h4-10,22H,3H2,1-2H3,(H2,29,36)(H,31,37)(H,32,33). The summed E-state index contributed by atoms with van der Waals surface area (Å²) in [5, 5.41) is 14.9. The summed E-state index contributed by atoms with van der Waals surface area (Å²) >= 11 is 6.78. The molecule has 9 nitrogen and oxygen atoms in total. The molecule has 2 amide bonds. The SMILES string of the molecule is CCn1cc(-c2cc(C(F)F)nc3sc(C(N)=O)c(NC(=O)c4cc(-c5ccc(Cl)cc5)n[nH]4)c23)c(C)n1. The minimum absolute atomic E-state index is 0.0218. The molecule has 0 saturated heterocycles. The number of primary amides is 1. The molecule has 0 aliphatic heterocycles. The number of anilines is 1. The Morgan fingerprint density at radius 1 is 1.21 bits per heavy atom. The molecule has 4 aromatic heterocycles. The number of carbonyl (C=O) groups is 2. The summed E-state index contributed by atoms with van der Waals surface area (Å²) in [6.07, 6.45) is -1.13. The Labute approximate surface area is 223 Å². The van der Waals surface area contributed by atoms with Crippen LogP contribution in [-0.4, -0.2) is 36.8 Å². The molecule has 0 spiro atoms. The number of nitrogens with one attached hydrogen (secondary N) is 2. The van der Waals surface area contributed by atoms with E-state index >= 15 is 0 Å². The predicted octanol–water partition coefficient (Wildman–Crippen LogP) is 5.82. The molecule has 5 rings (SSSR count). The molecule has 38 heavy (non-hydrogen) atoms. The normalized spacial score (nSPS) is 11.4. The number of aryl methyl sites for hydroxylation is 2. The van der Waals surface area contributed by atoms with Crippen molar-refractivity contribution in [2.75, 3.05) is 5.32 Å². The fraction of sp³-hybridized carbons (Fsp3) is 0.160. The Kier molecular flexibility index (Phi) is 6.67. The first kappa shape index (κ1) is 25.5. The van der Waals surface area contributed by atoms with Gasteiger partial charge < -0.3 is 11.1 Å². The van der Waals surface area contributed by atoms with Gasteiger partial charge in [0.15, 0.2) is 0 Å². The third-order valence-corrected chi connectivity index (χ3v) is 7.24. The Morgan fingerprint density at radius 2 is 1.95 bits per heavy atom. The summed E-state index contributed by atoms with van der Waals surface area (Å²) in [6.45, 7) is 4.21. The number of alkyl halides is 2. The van der Waals surface area contributed by atoms with E-state index in [1.807, 2.05) is 6.92 Å². The van der Waals surface area contributed by atoms with Gasteiger partial charge in [0.1, 0.15) is 21.1 Å². The molecule has 0 aliphatic carbocycles. The van der Waals surface area contributed by atoms with Crippen molar-refractivity contribution in [3.05, 3.63) is 69.6 Å². The third-order valence-electron chi connectivity index (χ3n) is 5.89. The van der Waals surface area contributed by atoms with Crippen LogP contribution in [0.3, 0.4) is 0 Å². The first-order chi connectivity index (χ1) is 18.2. The van der Waals surface area contributed by atoms with Crippen LogP contribution in [0.15, 0.2) is 42.6 Å². The summed E-state index contributed by atoms with van der Waals surface area (Å²) < 4.78 is 29.2. The molecule has 4 heterocycles. The van der Waals surface area contributed by atoms with Crippen molar-refractivity contribution in [1.29, 1.82) is 0 Å². The Hall–Kier alpha value is -4.16. The van der Waals surface area contributed by atoms with Crippen molar-refractivity contribution in [3.8, 4) is 22.4 Å². The van der Waals surface area contributed by atoms with E-state index in [0.717, 1.165) is 16.9 Å². The summed E-state index contributed by atoms with van der Waals surface area (Å²) in [7, 11) is 0. The maximum absolute atomic E-state index is 13.8. The minimum Gasteiger partial charge on any atom is -0.365 e. The smallest absolute Gasteiger partial charge is 0.280 e. The number of amides is 2. The van der Waals surface area contributed by atoms with Crippen LogP contribution < -0.4 is 11.1 Å². The molecule has 194 valence electrons. The first-order valence-corrected chi connectivity index (χ1v) is 12.6. The van der Waals surface area contributed by atoms with Crippen LogP contribution in [0, 0.1) is 6.92 Å². The topological polar surface area (TPSA) is 132 Å². The van der Waals surface area contributed by atoms with E-state index in [1.54, 1.807) is 48.1 Å². The molecule has 0 unspecified atom stereocenters. The first-order valence-electron chi connectivity index (χ1n) is 11.4. The van der Waals surface area contributed by atoms with Gasteiger partial charge in [-0.05, 0) is 43.7 Å². The van der Waals surface area contributed by atoms with Crippen molar-refractivity contribution < 1.29 is 18.4 Å². The number of halogens is 3. The molecule has 0 bridgehead atoms. The zero-order chi connectivity index (χ0) is 27.1. The van der Waals surface area contributed by atoms with Crippen molar-refractivity contribution in [1.82, 2.24) is 25.0 Å². The van der Waals surface area contributed by atoms with Crippen LogP contribution in [0.1, 0.15) is 44.9 Å². The van der Waals surface area contributed by atoms with Gasteiger partial charge in [0, 0.05) is 34.3 Å². The summed E-state index contributed by atoms with van der Waals surface area (Å²) in [4.78, 5) is 29.8. The van der Waals surface area contributed by atoms with Gasteiger partial charge in [-0.2, -0.15) is 10.2 Å². The second kappa shape index (κ2) is 9.95. The van der Waals surface area contributed by atoms with E-state index in [9.17, 15) is 18.4 Å². The molecule has 4 N–H and O–H groups in total. The van der Waals surface area contributed by atoms with Gasteiger partial charge >= 0.3 is 0 Å². The largest absolute Gasteiger partial charge is 0.365 e. The summed E-state index contributed by atoms with van der Waals surface area (Å²) in [5.74, 6) is -1.44. The Balaban J connectivity index is 1.63. The van der Waals surface area contributed by atoms with Gasteiger partial charge in [0.05, 0.1) is 17.1 Å². The number of nitrogens with two attached hydrogens (primary N) is 1. The monoisotopic (exact) mass is 555 g/mol. The maximum Gasteiger partial charge on any atom is 0.280 e. The Bertz CT molecular complexity index is 1690. The lowest BCUT2D eigenvalue weighted by Crippen LogP contribution is -2.17. The maximum atomic E-state index is 13.8. The van der Waals surface area contributed by atoms with Gasteiger partial charge in [-0.1, -0.05) is 23.7 Å². The number of aromatic nitrogens is 5. The van der Waals surface area contributed by atoms with Crippen molar-refractivity contribution in [2.24, 2.45) is 5.73 Å². The molecule has 0 aliphatic rings. The van der Waals surface area contributed by atoms with Crippen molar-refractivity contribution >= 4 is 50.7 Å². The van der Waals surface area contributed by atoms with Crippen LogP contribution in [0.4, 0.5) is 14.5 Å². The number of carbonyl (C=O) groups excluding carboxylic acids is 2. The second-order valence-corrected chi connectivity index (χ2v) is 9.79. The average molecular weight is 556 g/mol. The molecule has 0 fully saturated rings. The zero-order valence-corrected chi connectivity index (χ0v) is 21.6. The predicted molar refractivity (Wildman–Crippen MR) is 142 cm³/mol. The van der Waals surface area contributed by atoms with Gasteiger partial charge in [-0.3, -0.25) is 19.4 Å². The number of benzene rings is 1. The fourth-order valence-electron chi connectivity index (χ4n) is 4.07. The number of hydrogen-bond donors (Lipinski definition) is 3. The fourth-order valence-corrected chi connectivity index (χ4v) is 5.21.